The molecule has 114 valence electrons. The van der Waals surface area contributed by atoms with Gasteiger partial charge in [0.1, 0.15) is 0 Å². The van der Waals surface area contributed by atoms with E-state index in [2.05, 4.69) is 24.4 Å². The molecule has 1 atom stereocenters. The van der Waals surface area contributed by atoms with Crippen molar-refractivity contribution >= 4 is 24.0 Å². The molecule has 0 saturated heterocycles. The number of anilines is 1. The Bertz CT molecular complexity index is 437. The van der Waals surface area contributed by atoms with Crippen LogP contribution in [-0.4, -0.2) is 37.0 Å². The number of carbonyl (C=O) groups is 1. The highest BCUT2D eigenvalue weighted by Crippen LogP contribution is 2.21. The monoisotopic (exact) mass is 299 g/mol. The fraction of sp³-hybridized carbons (Fsp3) is 0.533. The second-order valence-electron chi connectivity index (χ2n) is 5.50. The van der Waals surface area contributed by atoms with E-state index in [1.54, 1.807) is 0 Å². The van der Waals surface area contributed by atoms with Crippen molar-refractivity contribution in [3.63, 3.8) is 0 Å². The number of likely N-dealkylation sites (N-methyl/N-ethyl adjacent to an activating group) is 1. The Hall–Kier alpha value is -1.10. The highest BCUT2D eigenvalue weighted by atomic mass is 35.5. The number of nitrogens with zero attached hydrogens (tertiary/aromatic N) is 1. The maximum absolute atomic E-state index is 12.0. The Morgan fingerprint density at radius 1 is 1.30 bits per heavy atom. The lowest BCUT2D eigenvalue weighted by atomic mass is 10.1. The Morgan fingerprint density at radius 3 is 2.25 bits per heavy atom. The van der Waals surface area contributed by atoms with E-state index < -0.39 is 0 Å². The second kappa shape index (κ2) is 8.25. The molecule has 20 heavy (non-hydrogen) atoms. The first-order valence-corrected chi connectivity index (χ1v) is 6.61. The van der Waals surface area contributed by atoms with Crippen LogP contribution >= 0.6 is 12.4 Å². The molecule has 0 aliphatic rings. The molecule has 0 bridgehead atoms. The molecular weight excluding hydrogens is 274 g/mol. The zero-order valence-electron chi connectivity index (χ0n) is 13.0. The first-order chi connectivity index (χ1) is 8.79. The topological polar surface area (TPSA) is 58.4 Å². The van der Waals surface area contributed by atoms with Crippen LogP contribution in [0.25, 0.3) is 0 Å². The third kappa shape index (κ3) is 5.90. The van der Waals surface area contributed by atoms with Crippen LogP contribution in [0, 0.1) is 20.8 Å². The van der Waals surface area contributed by atoms with Crippen LogP contribution in [0.15, 0.2) is 12.1 Å². The van der Waals surface area contributed by atoms with Crippen LogP contribution < -0.4 is 11.1 Å². The maximum Gasteiger partial charge on any atom is 0.238 e. The van der Waals surface area contributed by atoms with E-state index in [-0.39, 0.29) is 24.4 Å². The normalized spacial score (nSPS) is 11.9. The van der Waals surface area contributed by atoms with Crippen LogP contribution in [-0.2, 0) is 4.79 Å². The Morgan fingerprint density at radius 2 is 1.80 bits per heavy atom. The molecule has 0 saturated carbocycles. The summed E-state index contributed by atoms with van der Waals surface area (Å²) in [5.74, 6) is -0.00166. The summed E-state index contributed by atoms with van der Waals surface area (Å²) in [5.41, 5.74) is 10.0. The number of amides is 1. The van der Waals surface area contributed by atoms with E-state index in [1.165, 1.54) is 5.56 Å². The van der Waals surface area contributed by atoms with Crippen LogP contribution in [0.2, 0.25) is 0 Å². The Kier molecular flexibility index (Phi) is 7.79. The maximum atomic E-state index is 12.0. The number of hydrogen-bond acceptors (Lipinski definition) is 3. The van der Waals surface area contributed by atoms with E-state index in [1.807, 2.05) is 32.7 Å². The van der Waals surface area contributed by atoms with Crippen molar-refractivity contribution in [3.8, 4) is 0 Å². The molecule has 0 aliphatic heterocycles. The average molecular weight is 300 g/mol. The van der Waals surface area contributed by atoms with Gasteiger partial charge in [0.15, 0.2) is 0 Å². The number of halogens is 1. The van der Waals surface area contributed by atoms with Gasteiger partial charge in [0.25, 0.3) is 0 Å². The van der Waals surface area contributed by atoms with Gasteiger partial charge in [-0.15, -0.1) is 12.4 Å². The first-order valence-electron chi connectivity index (χ1n) is 6.61. The molecule has 1 rings (SSSR count). The smallest absolute Gasteiger partial charge is 0.238 e. The fourth-order valence-corrected chi connectivity index (χ4v) is 2.36. The number of rotatable bonds is 5. The zero-order valence-corrected chi connectivity index (χ0v) is 13.8. The van der Waals surface area contributed by atoms with Gasteiger partial charge in [0, 0.05) is 18.3 Å². The summed E-state index contributed by atoms with van der Waals surface area (Å²) in [6.45, 7) is 9.08. The van der Waals surface area contributed by atoms with Gasteiger partial charge in [-0.05, 0) is 45.9 Å². The molecular formula is C15H26ClN3O. The molecule has 0 radical (unpaired) electrons. The minimum atomic E-state index is -0.00166. The zero-order chi connectivity index (χ0) is 14.6. The molecule has 0 aromatic heterocycles. The van der Waals surface area contributed by atoms with Gasteiger partial charge in [-0.1, -0.05) is 17.7 Å². The predicted octanol–water partition coefficient (Wildman–Crippen LogP) is 2.25. The number of nitrogens with two attached hydrogens (primary N) is 1. The lowest BCUT2D eigenvalue weighted by Crippen LogP contribution is -2.37. The van der Waals surface area contributed by atoms with Crippen LogP contribution in [0.4, 0.5) is 5.69 Å². The third-order valence-corrected chi connectivity index (χ3v) is 2.95. The van der Waals surface area contributed by atoms with E-state index in [0.717, 1.165) is 16.8 Å². The van der Waals surface area contributed by atoms with Crippen molar-refractivity contribution in [2.24, 2.45) is 5.73 Å². The van der Waals surface area contributed by atoms with Gasteiger partial charge in [0.2, 0.25) is 5.91 Å². The van der Waals surface area contributed by atoms with Gasteiger partial charge in [0.05, 0.1) is 6.54 Å². The molecule has 3 N–H and O–H groups in total. The summed E-state index contributed by atoms with van der Waals surface area (Å²) in [5, 5.41) is 2.99. The number of aryl methyl sites for hydroxylation is 3. The largest absolute Gasteiger partial charge is 0.327 e. The summed E-state index contributed by atoms with van der Waals surface area (Å²) < 4.78 is 0. The van der Waals surface area contributed by atoms with E-state index in [0.29, 0.717) is 13.1 Å². The van der Waals surface area contributed by atoms with Gasteiger partial charge in [-0.2, -0.15) is 0 Å². The average Bonchev–Trinajstić information content (AvgIpc) is 2.21. The summed E-state index contributed by atoms with van der Waals surface area (Å²) in [6.07, 6.45) is 0. The molecule has 0 aliphatic carbocycles. The lowest BCUT2D eigenvalue weighted by Gasteiger charge is -2.19. The van der Waals surface area contributed by atoms with E-state index >= 15 is 0 Å². The van der Waals surface area contributed by atoms with Crippen LogP contribution in [0.3, 0.4) is 0 Å². The van der Waals surface area contributed by atoms with Gasteiger partial charge < -0.3 is 11.1 Å². The fourth-order valence-electron chi connectivity index (χ4n) is 2.36. The Balaban J connectivity index is 0.00000361. The standard InChI is InChI=1S/C15H25N3O.ClH/c1-10-6-11(2)15(12(3)7-10)17-14(19)9-18(5)8-13(4)16;/h6-7,13H,8-9,16H2,1-5H3,(H,17,19);1H. The molecule has 0 spiro atoms. The highest BCUT2D eigenvalue weighted by Gasteiger charge is 2.11. The predicted molar refractivity (Wildman–Crippen MR) is 87.7 cm³/mol. The molecule has 4 nitrogen and oxygen atoms in total. The van der Waals surface area contributed by atoms with Crippen molar-refractivity contribution < 1.29 is 4.79 Å². The molecule has 1 aromatic rings. The van der Waals surface area contributed by atoms with Crippen LogP contribution in [0.1, 0.15) is 23.6 Å². The Labute approximate surface area is 128 Å². The molecule has 0 fully saturated rings. The molecule has 0 heterocycles. The van der Waals surface area contributed by atoms with Gasteiger partial charge >= 0.3 is 0 Å². The third-order valence-electron chi connectivity index (χ3n) is 2.95. The number of carbonyl (C=O) groups excluding carboxylic acids is 1. The highest BCUT2D eigenvalue weighted by molar-refractivity contribution is 5.93. The number of benzene rings is 1. The number of hydrogen-bond donors (Lipinski definition) is 2. The van der Waals surface area contributed by atoms with E-state index in [9.17, 15) is 4.79 Å². The SMILES string of the molecule is Cc1cc(C)c(NC(=O)CN(C)CC(C)N)c(C)c1.Cl. The summed E-state index contributed by atoms with van der Waals surface area (Å²) in [4.78, 5) is 13.9. The summed E-state index contributed by atoms with van der Waals surface area (Å²) in [7, 11) is 1.90. The van der Waals surface area contributed by atoms with Crippen molar-refractivity contribution in [1.29, 1.82) is 0 Å². The van der Waals surface area contributed by atoms with Crippen molar-refractivity contribution in [2.45, 2.75) is 33.7 Å². The first kappa shape index (κ1) is 18.9. The van der Waals surface area contributed by atoms with E-state index in [4.69, 9.17) is 5.73 Å². The minimum absolute atomic E-state index is 0. The van der Waals surface area contributed by atoms with Crippen LogP contribution in [0.5, 0.6) is 0 Å². The second-order valence-corrected chi connectivity index (χ2v) is 5.50. The molecule has 1 amide bonds. The lowest BCUT2D eigenvalue weighted by molar-refractivity contribution is -0.117. The van der Waals surface area contributed by atoms with Gasteiger partial charge in [-0.25, -0.2) is 0 Å². The van der Waals surface area contributed by atoms with Crippen molar-refractivity contribution in [2.75, 3.05) is 25.5 Å². The summed E-state index contributed by atoms with van der Waals surface area (Å²) in [6, 6.07) is 4.23. The quantitative estimate of drug-likeness (QED) is 0.877. The van der Waals surface area contributed by atoms with Gasteiger partial charge in [-0.3, -0.25) is 9.69 Å². The minimum Gasteiger partial charge on any atom is -0.327 e. The van der Waals surface area contributed by atoms with Crippen molar-refractivity contribution in [3.05, 3.63) is 28.8 Å². The molecule has 1 unspecified atom stereocenters. The summed E-state index contributed by atoms with van der Waals surface area (Å²) >= 11 is 0. The number of nitrogens with one attached hydrogen (secondary N) is 1. The molecule has 5 heteroatoms. The van der Waals surface area contributed by atoms with Crippen molar-refractivity contribution in [1.82, 2.24) is 4.90 Å². The molecule has 1 aromatic carbocycles.